The summed E-state index contributed by atoms with van der Waals surface area (Å²) in [6.45, 7) is 5.82. The summed E-state index contributed by atoms with van der Waals surface area (Å²) >= 11 is 0. The molecule has 4 atom stereocenters. The van der Waals surface area contributed by atoms with Crippen molar-refractivity contribution in [3.8, 4) is 5.75 Å². The standard InChI is InChI=1S/C19H23FO3/c1-12-11-18(17-6-4-3-5-16(12)17)23-19(21)13(2)22-15-9-7-14(20)8-10-15/h7-10,13,16-18H,1,3-6,11H2,2H3/t13-,16-,17-,18-/m1/s1. The lowest BCUT2D eigenvalue weighted by Crippen LogP contribution is -2.33. The summed E-state index contributed by atoms with van der Waals surface area (Å²) in [7, 11) is 0. The largest absolute Gasteiger partial charge is 0.479 e. The van der Waals surface area contributed by atoms with Gasteiger partial charge in [-0.2, -0.15) is 0 Å². The average Bonchev–Trinajstić information content (AvgIpc) is 2.86. The first-order chi connectivity index (χ1) is 11.0. The minimum absolute atomic E-state index is 0.0698. The number of carbonyl (C=O) groups excluding carboxylic acids is 1. The summed E-state index contributed by atoms with van der Waals surface area (Å²) in [5, 5.41) is 0. The van der Waals surface area contributed by atoms with Gasteiger partial charge in [0.05, 0.1) is 0 Å². The topological polar surface area (TPSA) is 35.5 Å². The van der Waals surface area contributed by atoms with E-state index in [1.165, 1.54) is 49.1 Å². The van der Waals surface area contributed by atoms with Crippen molar-refractivity contribution in [2.24, 2.45) is 11.8 Å². The number of esters is 1. The Morgan fingerprint density at radius 2 is 1.96 bits per heavy atom. The zero-order valence-corrected chi connectivity index (χ0v) is 13.5. The maximum Gasteiger partial charge on any atom is 0.347 e. The summed E-state index contributed by atoms with van der Waals surface area (Å²) in [5.41, 5.74) is 1.22. The Morgan fingerprint density at radius 3 is 2.70 bits per heavy atom. The molecule has 2 fully saturated rings. The molecule has 1 aromatic carbocycles. The van der Waals surface area contributed by atoms with Crippen molar-refractivity contribution in [3.63, 3.8) is 0 Å². The van der Waals surface area contributed by atoms with Gasteiger partial charge in [0.25, 0.3) is 0 Å². The van der Waals surface area contributed by atoms with Crippen molar-refractivity contribution < 1.29 is 18.7 Å². The van der Waals surface area contributed by atoms with Crippen LogP contribution in [-0.2, 0) is 9.53 Å². The van der Waals surface area contributed by atoms with Crippen LogP contribution in [0.3, 0.4) is 0 Å². The van der Waals surface area contributed by atoms with Gasteiger partial charge in [0.2, 0.25) is 0 Å². The molecule has 0 aliphatic heterocycles. The molecule has 23 heavy (non-hydrogen) atoms. The average molecular weight is 318 g/mol. The molecule has 3 nitrogen and oxygen atoms in total. The highest BCUT2D eigenvalue weighted by atomic mass is 19.1. The maximum absolute atomic E-state index is 12.9. The fourth-order valence-electron chi connectivity index (χ4n) is 3.81. The molecule has 0 radical (unpaired) electrons. The molecule has 2 aliphatic rings. The van der Waals surface area contributed by atoms with Gasteiger partial charge in [0, 0.05) is 12.3 Å². The van der Waals surface area contributed by atoms with Gasteiger partial charge >= 0.3 is 5.97 Å². The van der Waals surface area contributed by atoms with Gasteiger partial charge in [0.1, 0.15) is 17.7 Å². The van der Waals surface area contributed by atoms with E-state index in [9.17, 15) is 9.18 Å². The molecule has 2 aliphatic carbocycles. The zero-order valence-electron chi connectivity index (χ0n) is 13.5. The van der Waals surface area contributed by atoms with Crippen LogP contribution in [0.4, 0.5) is 4.39 Å². The van der Waals surface area contributed by atoms with E-state index in [0.717, 1.165) is 12.8 Å². The molecule has 0 unspecified atom stereocenters. The number of rotatable bonds is 4. The van der Waals surface area contributed by atoms with Crippen molar-refractivity contribution in [2.45, 2.75) is 51.2 Å². The maximum atomic E-state index is 12.9. The van der Waals surface area contributed by atoms with Gasteiger partial charge in [0.15, 0.2) is 6.10 Å². The van der Waals surface area contributed by atoms with Gasteiger partial charge in [-0.05, 0) is 49.9 Å². The van der Waals surface area contributed by atoms with Gasteiger partial charge < -0.3 is 9.47 Å². The Hall–Kier alpha value is -1.84. The van der Waals surface area contributed by atoms with Crippen LogP contribution in [0.5, 0.6) is 5.75 Å². The molecular weight excluding hydrogens is 295 g/mol. The molecule has 0 bridgehead atoms. The molecule has 1 aromatic rings. The van der Waals surface area contributed by atoms with Crippen LogP contribution in [0, 0.1) is 17.7 Å². The third-order valence-electron chi connectivity index (χ3n) is 5.01. The summed E-state index contributed by atoms with van der Waals surface area (Å²) in [4.78, 5) is 12.3. The highest BCUT2D eigenvalue weighted by molar-refractivity contribution is 5.75. The second-order valence-electron chi connectivity index (χ2n) is 6.61. The minimum Gasteiger partial charge on any atom is -0.479 e. The molecule has 124 valence electrons. The number of benzene rings is 1. The number of fused-ring (bicyclic) bond motifs is 1. The normalized spacial score (nSPS) is 28.1. The molecule has 0 heterocycles. The Bertz CT molecular complexity index is 581. The quantitative estimate of drug-likeness (QED) is 0.614. The number of ether oxygens (including phenoxy) is 2. The predicted octanol–water partition coefficient (Wildman–Crippen LogP) is 4.27. The van der Waals surface area contributed by atoms with E-state index in [1.54, 1.807) is 6.92 Å². The van der Waals surface area contributed by atoms with Gasteiger partial charge in [-0.3, -0.25) is 0 Å². The molecule has 0 N–H and O–H groups in total. The molecular formula is C19H23FO3. The van der Waals surface area contributed by atoms with Crippen molar-refractivity contribution in [2.75, 3.05) is 0 Å². The molecule has 0 amide bonds. The first-order valence-electron chi connectivity index (χ1n) is 8.35. The van der Waals surface area contributed by atoms with Gasteiger partial charge in [-0.25, -0.2) is 9.18 Å². The smallest absolute Gasteiger partial charge is 0.347 e. The van der Waals surface area contributed by atoms with Crippen LogP contribution in [0.15, 0.2) is 36.4 Å². The Labute approximate surface area is 136 Å². The molecule has 3 rings (SSSR count). The number of halogens is 1. The van der Waals surface area contributed by atoms with Crippen LogP contribution in [0.25, 0.3) is 0 Å². The molecule has 0 spiro atoms. The fraction of sp³-hybridized carbons (Fsp3) is 0.526. The Morgan fingerprint density at radius 1 is 1.26 bits per heavy atom. The van der Waals surface area contributed by atoms with E-state index in [-0.39, 0.29) is 17.9 Å². The van der Waals surface area contributed by atoms with E-state index in [4.69, 9.17) is 9.47 Å². The van der Waals surface area contributed by atoms with E-state index >= 15 is 0 Å². The highest BCUT2D eigenvalue weighted by Gasteiger charge is 2.42. The first kappa shape index (κ1) is 16.0. The summed E-state index contributed by atoms with van der Waals surface area (Å²) < 4.78 is 24.1. The Kier molecular flexibility index (Phi) is 4.69. The van der Waals surface area contributed by atoms with Crippen LogP contribution in [-0.4, -0.2) is 18.2 Å². The van der Waals surface area contributed by atoms with Crippen molar-refractivity contribution in [1.82, 2.24) is 0 Å². The first-order valence-corrected chi connectivity index (χ1v) is 8.35. The van der Waals surface area contributed by atoms with E-state index < -0.39 is 6.10 Å². The number of hydrogen-bond acceptors (Lipinski definition) is 3. The minimum atomic E-state index is -0.712. The number of hydrogen-bond donors (Lipinski definition) is 0. The molecule has 2 saturated carbocycles. The van der Waals surface area contributed by atoms with Crippen LogP contribution >= 0.6 is 0 Å². The summed E-state index contributed by atoms with van der Waals surface area (Å²) in [6, 6.07) is 5.63. The van der Waals surface area contributed by atoms with Gasteiger partial charge in [-0.1, -0.05) is 25.0 Å². The van der Waals surface area contributed by atoms with Crippen LogP contribution in [0.1, 0.15) is 39.0 Å². The highest BCUT2D eigenvalue weighted by Crippen LogP contribution is 2.46. The van der Waals surface area contributed by atoms with Crippen molar-refractivity contribution in [3.05, 3.63) is 42.2 Å². The van der Waals surface area contributed by atoms with Crippen molar-refractivity contribution >= 4 is 5.97 Å². The SMILES string of the molecule is C=C1C[C@@H](OC(=O)[C@@H](C)Oc2ccc(F)cc2)[C@@H]2CCCC[C@H]12. The summed E-state index contributed by atoms with van der Waals surface area (Å²) in [5.74, 6) is 0.689. The second kappa shape index (κ2) is 6.73. The molecule has 4 heteroatoms. The van der Waals surface area contributed by atoms with Crippen LogP contribution < -0.4 is 4.74 Å². The third-order valence-corrected chi connectivity index (χ3v) is 5.01. The summed E-state index contributed by atoms with van der Waals surface area (Å²) in [6.07, 6.45) is 4.70. The lowest BCUT2D eigenvalue weighted by Gasteiger charge is -2.29. The van der Waals surface area contributed by atoms with E-state index in [2.05, 4.69) is 6.58 Å². The monoisotopic (exact) mass is 318 g/mol. The molecule has 0 saturated heterocycles. The molecule has 0 aromatic heterocycles. The lowest BCUT2D eigenvalue weighted by molar-refractivity contribution is -0.159. The second-order valence-corrected chi connectivity index (χ2v) is 6.61. The van der Waals surface area contributed by atoms with Gasteiger partial charge in [-0.15, -0.1) is 0 Å². The zero-order chi connectivity index (χ0) is 16.4. The Balaban J connectivity index is 1.58. The van der Waals surface area contributed by atoms with E-state index in [1.807, 2.05) is 0 Å². The predicted molar refractivity (Wildman–Crippen MR) is 85.6 cm³/mol. The lowest BCUT2D eigenvalue weighted by atomic mass is 9.80. The van der Waals surface area contributed by atoms with E-state index in [0.29, 0.717) is 17.6 Å². The van der Waals surface area contributed by atoms with Crippen molar-refractivity contribution in [1.29, 1.82) is 0 Å². The fourth-order valence-corrected chi connectivity index (χ4v) is 3.81. The van der Waals surface area contributed by atoms with Crippen LogP contribution in [0.2, 0.25) is 0 Å². The number of carbonyl (C=O) groups is 1. The third kappa shape index (κ3) is 3.57.